The van der Waals surface area contributed by atoms with Crippen LogP contribution in [0.4, 0.5) is 5.95 Å². The zero-order valence-corrected chi connectivity index (χ0v) is 21.0. The second-order valence-corrected chi connectivity index (χ2v) is 11.2. The van der Waals surface area contributed by atoms with Gasteiger partial charge in [0.2, 0.25) is 5.95 Å². The monoisotopic (exact) mass is 506 g/mol. The van der Waals surface area contributed by atoms with Gasteiger partial charge in [-0.2, -0.15) is 0 Å². The molecule has 1 amide bonds. The Kier molecular flexibility index (Phi) is 5.87. The van der Waals surface area contributed by atoms with E-state index in [9.17, 15) is 18.0 Å². The second kappa shape index (κ2) is 8.90. The zero-order valence-electron chi connectivity index (χ0n) is 20.2. The van der Waals surface area contributed by atoms with Crippen molar-refractivity contribution < 1.29 is 13.2 Å². The molecular weight excluding hydrogens is 480 g/mol. The van der Waals surface area contributed by atoms with Crippen molar-refractivity contribution in [1.29, 1.82) is 0 Å². The number of fused-ring (bicyclic) bond motifs is 2. The number of sulfone groups is 1. The largest absolute Gasteiger partial charge is 0.353 e. The van der Waals surface area contributed by atoms with E-state index in [-0.39, 0.29) is 28.9 Å². The lowest BCUT2D eigenvalue weighted by Crippen LogP contribution is -2.41. The van der Waals surface area contributed by atoms with Crippen molar-refractivity contribution in [3.63, 3.8) is 0 Å². The lowest BCUT2D eigenvalue weighted by atomic mass is 10.0. The molecule has 3 aromatic heterocycles. The smallest absolute Gasteiger partial charge is 0.263 e. The minimum absolute atomic E-state index is 0.0137. The number of hydrogen-bond acceptors (Lipinski definition) is 7. The molecule has 0 fully saturated rings. The molecular formula is C25H26N6O4S. The standard InChI is InChI=1S/C25H26N6O4S/c1-16(2)27-25-28-22-14-29(23(32)17-8-10-30-15-26-13-19(30)12-17)11-9-21(22)24(33)31(25)18-4-6-20(7-5-18)36(3,34)35/h4-8,10,12-13,15-16H,9,11,14H2,1-3H3,(H,27,28). The topological polar surface area (TPSA) is 119 Å². The average molecular weight is 507 g/mol. The van der Waals surface area contributed by atoms with Crippen molar-refractivity contribution in [3.8, 4) is 5.69 Å². The van der Waals surface area contributed by atoms with Gasteiger partial charge in [-0.05, 0) is 56.7 Å². The minimum atomic E-state index is -3.36. The summed E-state index contributed by atoms with van der Waals surface area (Å²) in [6.07, 6.45) is 6.67. The van der Waals surface area contributed by atoms with Gasteiger partial charge in [0.25, 0.3) is 11.5 Å². The third-order valence-corrected chi connectivity index (χ3v) is 7.25. The van der Waals surface area contributed by atoms with Crippen LogP contribution >= 0.6 is 0 Å². The highest BCUT2D eigenvalue weighted by atomic mass is 32.2. The molecule has 0 saturated carbocycles. The van der Waals surface area contributed by atoms with E-state index < -0.39 is 9.84 Å². The third kappa shape index (κ3) is 4.37. The summed E-state index contributed by atoms with van der Waals surface area (Å²) in [6.45, 7) is 4.47. The lowest BCUT2D eigenvalue weighted by molar-refractivity contribution is 0.0731. The van der Waals surface area contributed by atoms with Crippen molar-refractivity contribution in [1.82, 2.24) is 23.8 Å². The highest BCUT2D eigenvalue weighted by molar-refractivity contribution is 7.90. The predicted octanol–water partition coefficient (Wildman–Crippen LogP) is 2.30. The second-order valence-electron chi connectivity index (χ2n) is 9.18. The van der Waals surface area contributed by atoms with Gasteiger partial charge in [0.15, 0.2) is 9.84 Å². The quantitative estimate of drug-likeness (QED) is 0.441. The molecule has 1 N–H and O–H groups in total. The van der Waals surface area contributed by atoms with Gasteiger partial charge in [0.05, 0.1) is 40.9 Å². The van der Waals surface area contributed by atoms with E-state index in [1.54, 1.807) is 47.9 Å². The number of carbonyl (C=O) groups excluding carboxylic acids is 1. The summed E-state index contributed by atoms with van der Waals surface area (Å²) in [5.74, 6) is 0.209. The molecule has 1 aromatic carbocycles. The maximum atomic E-state index is 13.6. The number of anilines is 1. The van der Waals surface area contributed by atoms with E-state index in [0.717, 1.165) is 11.8 Å². The van der Waals surface area contributed by atoms with Crippen molar-refractivity contribution in [3.05, 3.63) is 82.3 Å². The van der Waals surface area contributed by atoms with Gasteiger partial charge >= 0.3 is 0 Å². The minimum Gasteiger partial charge on any atom is -0.353 e. The summed E-state index contributed by atoms with van der Waals surface area (Å²) < 4.78 is 27.0. The number of nitrogens with one attached hydrogen (secondary N) is 1. The van der Waals surface area contributed by atoms with Gasteiger partial charge in [-0.25, -0.2) is 23.0 Å². The first-order valence-electron chi connectivity index (χ1n) is 11.5. The Balaban J connectivity index is 1.52. The van der Waals surface area contributed by atoms with E-state index >= 15 is 0 Å². The van der Waals surface area contributed by atoms with E-state index in [4.69, 9.17) is 4.98 Å². The van der Waals surface area contributed by atoms with Crippen LogP contribution in [-0.4, -0.2) is 57.0 Å². The van der Waals surface area contributed by atoms with Gasteiger partial charge in [0, 0.05) is 36.2 Å². The maximum absolute atomic E-state index is 13.6. The Bertz CT molecular complexity index is 1640. The van der Waals surface area contributed by atoms with Gasteiger partial charge in [-0.15, -0.1) is 0 Å². The molecule has 0 aliphatic carbocycles. The molecule has 0 bridgehead atoms. The molecule has 11 heteroatoms. The number of carbonyl (C=O) groups is 1. The number of hydrogen-bond donors (Lipinski definition) is 1. The fourth-order valence-corrected chi connectivity index (χ4v) is 4.96. The summed E-state index contributed by atoms with van der Waals surface area (Å²) in [5, 5.41) is 3.22. The number of amides is 1. The average Bonchev–Trinajstić information content (AvgIpc) is 3.30. The van der Waals surface area contributed by atoms with Crippen LogP contribution in [0.25, 0.3) is 11.2 Å². The van der Waals surface area contributed by atoms with Crippen molar-refractivity contribution in [2.75, 3.05) is 18.1 Å². The Morgan fingerprint density at radius 3 is 2.58 bits per heavy atom. The molecule has 0 unspecified atom stereocenters. The zero-order chi connectivity index (χ0) is 25.6. The highest BCUT2D eigenvalue weighted by Crippen LogP contribution is 2.22. The molecule has 0 spiro atoms. The lowest BCUT2D eigenvalue weighted by Gasteiger charge is -2.29. The van der Waals surface area contributed by atoms with Crippen LogP contribution in [0, 0.1) is 0 Å². The maximum Gasteiger partial charge on any atom is 0.263 e. The van der Waals surface area contributed by atoms with Crippen molar-refractivity contribution >= 4 is 27.2 Å². The van der Waals surface area contributed by atoms with Gasteiger partial charge in [-0.3, -0.25) is 9.59 Å². The van der Waals surface area contributed by atoms with Crippen LogP contribution in [0.15, 0.2) is 64.8 Å². The summed E-state index contributed by atoms with van der Waals surface area (Å²) in [6, 6.07) is 9.69. The number of rotatable bonds is 5. The Morgan fingerprint density at radius 2 is 1.89 bits per heavy atom. The Labute approximate surface area is 208 Å². The van der Waals surface area contributed by atoms with Crippen LogP contribution in [0.5, 0.6) is 0 Å². The molecule has 4 heterocycles. The van der Waals surface area contributed by atoms with Crippen LogP contribution in [0.2, 0.25) is 0 Å². The van der Waals surface area contributed by atoms with E-state index in [1.807, 2.05) is 18.2 Å². The number of aromatic nitrogens is 4. The molecule has 1 aliphatic rings. The van der Waals surface area contributed by atoms with E-state index in [1.165, 1.54) is 16.7 Å². The first kappa shape index (κ1) is 23.7. The molecule has 10 nitrogen and oxygen atoms in total. The first-order chi connectivity index (χ1) is 17.1. The third-order valence-electron chi connectivity index (χ3n) is 6.12. The first-order valence-corrected chi connectivity index (χ1v) is 13.4. The van der Waals surface area contributed by atoms with E-state index in [2.05, 4.69) is 10.3 Å². The summed E-state index contributed by atoms with van der Waals surface area (Å²) in [5.41, 5.74) is 2.75. The molecule has 186 valence electrons. The highest BCUT2D eigenvalue weighted by Gasteiger charge is 2.27. The molecule has 1 aliphatic heterocycles. The SMILES string of the molecule is CC(C)Nc1nc2c(c(=O)n1-c1ccc(S(C)(=O)=O)cc1)CCN(C(=O)c1ccn3cncc3c1)C2. The Morgan fingerprint density at radius 1 is 1.14 bits per heavy atom. The normalized spacial score (nSPS) is 13.7. The van der Waals surface area contributed by atoms with Gasteiger partial charge < -0.3 is 14.6 Å². The van der Waals surface area contributed by atoms with Crippen molar-refractivity contribution in [2.24, 2.45) is 0 Å². The summed E-state index contributed by atoms with van der Waals surface area (Å²) >= 11 is 0. The molecule has 5 rings (SSSR count). The van der Waals surface area contributed by atoms with Crippen LogP contribution < -0.4 is 10.9 Å². The number of benzene rings is 1. The molecule has 0 radical (unpaired) electrons. The van der Waals surface area contributed by atoms with E-state index in [0.29, 0.717) is 41.4 Å². The van der Waals surface area contributed by atoms with Crippen molar-refractivity contribution in [2.45, 2.75) is 37.8 Å². The van der Waals surface area contributed by atoms with Gasteiger partial charge in [-0.1, -0.05) is 0 Å². The molecule has 36 heavy (non-hydrogen) atoms. The summed E-state index contributed by atoms with van der Waals surface area (Å²) in [4.78, 5) is 37.6. The Hall–Kier alpha value is -3.99. The fraction of sp³-hybridized carbons (Fsp3) is 0.280. The van der Waals surface area contributed by atoms with Gasteiger partial charge in [0.1, 0.15) is 0 Å². The number of imidazole rings is 1. The number of nitrogens with zero attached hydrogens (tertiary/aromatic N) is 5. The van der Waals surface area contributed by atoms with Crippen LogP contribution in [-0.2, 0) is 22.8 Å². The van der Waals surface area contributed by atoms with Crippen LogP contribution in [0.3, 0.4) is 0 Å². The fourth-order valence-electron chi connectivity index (χ4n) is 4.33. The summed E-state index contributed by atoms with van der Waals surface area (Å²) in [7, 11) is -3.36. The molecule has 4 aromatic rings. The molecule has 0 saturated heterocycles. The predicted molar refractivity (Wildman–Crippen MR) is 135 cm³/mol. The molecule has 0 atom stereocenters. The van der Waals surface area contributed by atoms with Crippen LogP contribution in [0.1, 0.15) is 35.5 Å². The number of pyridine rings is 1.